The van der Waals surface area contributed by atoms with Crippen molar-refractivity contribution in [3.63, 3.8) is 0 Å². The molecular formula is C21H24NP2+. The van der Waals surface area contributed by atoms with Crippen LogP contribution in [0.15, 0.2) is 97.6 Å². The lowest BCUT2D eigenvalue weighted by Crippen LogP contribution is -2.34. The zero-order valence-corrected chi connectivity index (χ0v) is 16.1. The molecule has 122 valence electrons. The number of rotatable bonds is 5. The molecule has 0 fully saturated rings. The van der Waals surface area contributed by atoms with E-state index in [0.717, 1.165) is 11.8 Å². The van der Waals surface area contributed by atoms with Crippen LogP contribution in [0.2, 0.25) is 0 Å². The molecule has 1 unspecified atom stereocenters. The quantitative estimate of drug-likeness (QED) is 0.422. The number of benzene rings is 3. The largest absolute Gasteiger partial charge is 0.396 e. The fourth-order valence-corrected chi connectivity index (χ4v) is 7.21. The van der Waals surface area contributed by atoms with Crippen molar-refractivity contribution < 1.29 is 0 Å². The molecule has 0 aliphatic rings. The maximum Gasteiger partial charge on any atom is 0.127 e. The van der Waals surface area contributed by atoms with Crippen molar-refractivity contribution in [3.05, 3.63) is 97.6 Å². The van der Waals surface area contributed by atoms with Gasteiger partial charge in [-0.3, -0.25) is 0 Å². The van der Waals surface area contributed by atoms with E-state index in [1.165, 1.54) is 15.9 Å². The molecule has 0 aliphatic carbocycles. The first-order valence-corrected chi connectivity index (χ1v) is 9.72. The highest BCUT2D eigenvalue weighted by Crippen LogP contribution is 2.56. The highest BCUT2D eigenvalue weighted by atomic mass is 31.2. The number of hydrogen-bond acceptors (Lipinski definition) is 1. The summed E-state index contributed by atoms with van der Waals surface area (Å²) in [5.74, 6) is 0. The first-order chi connectivity index (χ1) is 11.3. The second-order valence-electron chi connectivity index (χ2n) is 5.51. The number of nitrogens with two attached hydrogens (primary N) is 1. The van der Waals surface area contributed by atoms with Crippen LogP contribution in [0, 0.1) is 0 Å². The van der Waals surface area contributed by atoms with E-state index >= 15 is 0 Å². The van der Waals surface area contributed by atoms with E-state index in [4.69, 9.17) is 5.73 Å². The number of para-hydroxylation sites is 1. The molecule has 0 radical (unpaired) electrons. The number of allylic oxidation sites excluding steroid dienone is 1. The molecule has 1 nitrogen and oxygen atoms in total. The van der Waals surface area contributed by atoms with Crippen molar-refractivity contribution in [3.8, 4) is 0 Å². The summed E-state index contributed by atoms with van der Waals surface area (Å²) in [6, 6.07) is 29.7. The van der Waals surface area contributed by atoms with Crippen LogP contribution < -0.4 is 21.6 Å². The summed E-state index contributed by atoms with van der Waals surface area (Å²) in [5, 5.41) is 3.91. The smallest absolute Gasteiger partial charge is 0.127 e. The summed E-state index contributed by atoms with van der Waals surface area (Å²) in [5.41, 5.74) is 7.26. The Morgan fingerprint density at radius 2 is 1.21 bits per heavy atom. The molecule has 0 aromatic heterocycles. The summed E-state index contributed by atoms with van der Waals surface area (Å²) in [4.78, 5) is 0. The van der Waals surface area contributed by atoms with Gasteiger partial charge in [0.25, 0.3) is 0 Å². The molecule has 0 bridgehead atoms. The molecule has 0 saturated heterocycles. The number of hydrogen-bond donors (Lipinski definition) is 1. The van der Waals surface area contributed by atoms with Crippen molar-refractivity contribution in [2.24, 2.45) is 0 Å². The Bertz CT molecular complexity index is 746. The van der Waals surface area contributed by atoms with E-state index in [-0.39, 0.29) is 9.90 Å². The van der Waals surface area contributed by atoms with E-state index in [9.17, 15) is 0 Å². The van der Waals surface area contributed by atoms with Gasteiger partial charge in [-0.1, -0.05) is 61.2 Å². The Kier molecular flexibility index (Phi) is 6.32. The summed E-state index contributed by atoms with van der Waals surface area (Å²) < 4.78 is 0. The fraction of sp³-hybridized carbons (Fsp3) is 0.0476. The molecule has 0 spiro atoms. The number of anilines is 1. The predicted octanol–water partition coefficient (Wildman–Crippen LogP) is 3.81. The van der Waals surface area contributed by atoms with E-state index in [1.807, 2.05) is 18.2 Å². The topological polar surface area (TPSA) is 26.0 Å². The van der Waals surface area contributed by atoms with Crippen molar-refractivity contribution in [1.29, 1.82) is 0 Å². The van der Waals surface area contributed by atoms with Crippen LogP contribution in [0.4, 0.5) is 5.69 Å². The second kappa shape index (κ2) is 8.25. The van der Waals surface area contributed by atoms with E-state index in [0.29, 0.717) is 0 Å². The minimum atomic E-state index is -1.83. The highest BCUT2D eigenvalue weighted by Gasteiger charge is 2.45. The van der Waals surface area contributed by atoms with Crippen LogP contribution in [0.1, 0.15) is 0 Å². The monoisotopic (exact) mass is 352 g/mol. The maximum absolute atomic E-state index is 6.41. The van der Waals surface area contributed by atoms with Gasteiger partial charge in [0.15, 0.2) is 0 Å². The SMILES string of the molecule is C=CC[P+](c1ccccc1)(c1ccccc1)c1ccccc1N.P. The molecule has 2 N–H and O–H groups in total. The number of nitrogen functional groups attached to an aromatic ring is 1. The van der Waals surface area contributed by atoms with Gasteiger partial charge >= 0.3 is 0 Å². The zero-order chi connectivity index (χ0) is 16.1. The first kappa shape index (κ1) is 18.4. The van der Waals surface area contributed by atoms with Crippen molar-refractivity contribution >= 4 is 38.8 Å². The van der Waals surface area contributed by atoms with Crippen LogP contribution >= 0.6 is 17.2 Å². The van der Waals surface area contributed by atoms with Crippen LogP contribution in [-0.2, 0) is 0 Å². The second-order valence-corrected chi connectivity index (χ2v) is 9.01. The molecule has 3 heteroatoms. The minimum Gasteiger partial charge on any atom is -0.396 e. The minimum absolute atomic E-state index is 0. The van der Waals surface area contributed by atoms with Crippen LogP contribution in [0.5, 0.6) is 0 Å². The average molecular weight is 352 g/mol. The average Bonchev–Trinajstić information content (AvgIpc) is 2.62. The van der Waals surface area contributed by atoms with Gasteiger partial charge in [0.2, 0.25) is 0 Å². The van der Waals surface area contributed by atoms with Crippen molar-refractivity contribution in [2.75, 3.05) is 11.9 Å². The van der Waals surface area contributed by atoms with E-state index < -0.39 is 7.26 Å². The maximum atomic E-state index is 6.41. The third-order valence-corrected chi connectivity index (χ3v) is 8.54. The Balaban J connectivity index is 0.00000208. The van der Waals surface area contributed by atoms with Gasteiger partial charge in [-0.15, -0.1) is 0 Å². The zero-order valence-electron chi connectivity index (χ0n) is 13.8. The third kappa shape index (κ3) is 3.29. The Hall–Kier alpha value is -1.94. The fourth-order valence-electron chi connectivity index (χ4n) is 3.13. The molecule has 0 saturated carbocycles. The summed E-state index contributed by atoms with van der Waals surface area (Å²) >= 11 is 0. The standard InChI is InChI=1S/C21H21NP.H3P/c1-2-17-23(18-11-5-3-6-12-18,19-13-7-4-8-14-19)21-16-10-9-15-20(21)22;/h2-16H,1,17,22H2;1H3/q+1;. The van der Waals surface area contributed by atoms with Gasteiger partial charge in [0.05, 0.1) is 11.8 Å². The van der Waals surface area contributed by atoms with Crippen molar-refractivity contribution in [2.45, 2.75) is 0 Å². The summed E-state index contributed by atoms with van der Waals surface area (Å²) in [6.45, 7) is 4.04. The normalized spacial score (nSPS) is 10.7. The Morgan fingerprint density at radius 3 is 1.67 bits per heavy atom. The molecule has 3 aromatic rings. The van der Waals surface area contributed by atoms with Crippen LogP contribution in [-0.4, -0.2) is 6.16 Å². The third-order valence-electron chi connectivity index (χ3n) is 4.14. The molecule has 3 aromatic carbocycles. The van der Waals surface area contributed by atoms with Gasteiger partial charge in [-0.25, -0.2) is 0 Å². The van der Waals surface area contributed by atoms with Crippen LogP contribution in [0.25, 0.3) is 0 Å². The lowest BCUT2D eigenvalue weighted by Gasteiger charge is -2.27. The van der Waals surface area contributed by atoms with Crippen LogP contribution in [0.3, 0.4) is 0 Å². The molecule has 0 aliphatic heterocycles. The van der Waals surface area contributed by atoms with Gasteiger partial charge in [-0.2, -0.15) is 9.90 Å². The molecule has 1 atom stereocenters. The summed E-state index contributed by atoms with van der Waals surface area (Å²) in [6.07, 6.45) is 2.93. The first-order valence-electron chi connectivity index (χ1n) is 7.74. The Morgan fingerprint density at radius 1 is 0.750 bits per heavy atom. The van der Waals surface area contributed by atoms with E-state index in [1.54, 1.807) is 0 Å². The van der Waals surface area contributed by atoms with E-state index in [2.05, 4.69) is 79.4 Å². The molecule has 3 rings (SSSR count). The van der Waals surface area contributed by atoms with Gasteiger partial charge < -0.3 is 5.73 Å². The molecule has 0 amide bonds. The molecular weight excluding hydrogens is 328 g/mol. The lowest BCUT2D eigenvalue weighted by molar-refractivity contribution is 1.66. The van der Waals surface area contributed by atoms with Gasteiger partial charge in [0.1, 0.15) is 23.2 Å². The van der Waals surface area contributed by atoms with Gasteiger partial charge in [0, 0.05) is 0 Å². The molecule has 24 heavy (non-hydrogen) atoms. The Labute approximate surface area is 148 Å². The highest BCUT2D eigenvalue weighted by molar-refractivity contribution is 7.96. The van der Waals surface area contributed by atoms with Gasteiger partial charge in [-0.05, 0) is 36.4 Å². The molecule has 0 heterocycles. The van der Waals surface area contributed by atoms with Crippen molar-refractivity contribution in [1.82, 2.24) is 0 Å². The predicted molar refractivity (Wildman–Crippen MR) is 116 cm³/mol. The lowest BCUT2D eigenvalue weighted by atomic mass is 10.3. The summed E-state index contributed by atoms with van der Waals surface area (Å²) in [7, 11) is -1.83.